The van der Waals surface area contributed by atoms with Crippen molar-refractivity contribution in [3.63, 3.8) is 0 Å². The molecule has 2 N–H and O–H groups in total. The van der Waals surface area contributed by atoms with Crippen molar-refractivity contribution in [1.29, 1.82) is 0 Å². The Morgan fingerprint density at radius 2 is 2.30 bits per heavy atom. The molecule has 1 fully saturated rings. The maximum absolute atomic E-state index is 13.2. The van der Waals surface area contributed by atoms with Crippen LogP contribution in [0.4, 0.5) is 5.95 Å². The highest BCUT2D eigenvalue weighted by atomic mass is 32.1. The number of likely N-dealkylation sites (tertiary alicyclic amines) is 1. The van der Waals surface area contributed by atoms with Gasteiger partial charge in [0, 0.05) is 33.8 Å². The largest absolute Gasteiger partial charge is 0.507 e. The van der Waals surface area contributed by atoms with Crippen LogP contribution in [0, 0.1) is 0 Å². The molecule has 0 amide bonds. The predicted octanol–water partition coefficient (Wildman–Crippen LogP) is 2.66. The minimum atomic E-state index is -2.74. The monoisotopic (exact) mass is 388 g/mol. The maximum Gasteiger partial charge on any atom is 0.281 e. The van der Waals surface area contributed by atoms with E-state index in [1.165, 1.54) is 11.3 Å². The summed E-state index contributed by atoms with van der Waals surface area (Å²) in [5, 5.41) is 24.2. The molecule has 0 saturated carbocycles. The van der Waals surface area contributed by atoms with Crippen molar-refractivity contribution >= 4 is 27.4 Å². The number of hydrogen-bond acceptors (Lipinski definition) is 7. The molecule has 1 aliphatic heterocycles. The molecule has 1 aromatic carbocycles. The van der Waals surface area contributed by atoms with Crippen molar-refractivity contribution in [2.45, 2.75) is 25.8 Å². The van der Waals surface area contributed by atoms with Crippen LogP contribution >= 0.6 is 11.3 Å². The van der Waals surface area contributed by atoms with Crippen LogP contribution < -0.4 is 10.9 Å². The van der Waals surface area contributed by atoms with Crippen LogP contribution in [0.1, 0.15) is 23.9 Å². The lowest BCUT2D eigenvalue weighted by Crippen LogP contribution is -2.43. The minimum absolute atomic E-state index is 0.0255. The van der Waals surface area contributed by atoms with Crippen molar-refractivity contribution in [2.75, 3.05) is 25.0 Å². The number of thiophene rings is 1. The second-order valence-corrected chi connectivity index (χ2v) is 7.63. The van der Waals surface area contributed by atoms with Crippen LogP contribution in [0.5, 0.6) is 5.75 Å². The molecule has 142 valence electrons. The fraction of sp³-hybridized carbons (Fsp3) is 0.421. The number of phenols is 1. The first-order valence-electron chi connectivity index (χ1n) is 10.5. The number of anilines is 1. The third kappa shape index (κ3) is 3.30. The third-order valence-electron chi connectivity index (χ3n) is 5.01. The van der Waals surface area contributed by atoms with Gasteiger partial charge in [-0.05, 0) is 49.5 Å². The van der Waals surface area contributed by atoms with E-state index in [1.54, 1.807) is 18.2 Å². The summed E-state index contributed by atoms with van der Waals surface area (Å²) in [6.07, 6.45) is 1.83. The lowest BCUT2D eigenvalue weighted by Gasteiger charge is -2.32. The number of benzene rings is 1. The van der Waals surface area contributed by atoms with Gasteiger partial charge in [-0.3, -0.25) is 9.36 Å². The molecule has 8 heteroatoms. The molecule has 0 radical (unpaired) electrons. The molecule has 4 rings (SSSR count). The van der Waals surface area contributed by atoms with E-state index in [0.717, 1.165) is 37.2 Å². The van der Waals surface area contributed by atoms with Crippen molar-refractivity contribution in [3.8, 4) is 17.0 Å². The minimum Gasteiger partial charge on any atom is -0.507 e. The maximum atomic E-state index is 13.2. The number of hydrogen-bond donors (Lipinski definition) is 2. The van der Waals surface area contributed by atoms with Gasteiger partial charge in [-0.15, -0.1) is 21.5 Å². The van der Waals surface area contributed by atoms with E-state index in [2.05, 4.69) is 27.3 Å². The summed E-state index contributed by atoms with van der Waals surface area (Å²) in [5.74, 6) is -0.188. The van der Waals surface area contributed by atoms with Crippen LogP contribution in [0.25, 0.3) is 21.3 Å². The SMILES string of the molecule is [2H]C([2H])([2H])n1c(N[C@@H]2CCCN(CC)C2)nnc(-c2ccc3sccc3c2O)c1=O. The van der Waals surface area contributed by atoms with Crippen molar-refractivity contribution < 1.29 is 9.22 Å². The summed E-state index contributed by atoms with van der Waals surface area (Å²) in [7, 11) is 0. The van der Waals surface area contributed by atoms with E-state index >= 15 is 0 Å². The summed E-state index contributed by atoms with van der Waals surface area (Å²) < 4.78 is 25.2. The molecule has 0 unspecified atom stereocenters. The first kappa shape index (κ1) is 14.6. The van der Waals surface area contributed by atoms with E-state index in [-0.39, 0.29) is 29.0 Å². The Hall–Kier alpha value is -2.45. The number of aromatic hydroxyl groups is 1. The summed E-state index contributed by atoms with van der Waals surface area (Å²) in [6, 6.07) is 5.05. The van der Waals surface area contributed by atoms with Gasteiger partial charge in [0.15, 0.2) is 5.69 Å². The average molecular weight is 389 g/mol. The van der Waals surface area contributed by atoms with E-state index in [9.17, 15) is 9.90 Å². The number of nitrogens with one attached hydrogen (secondary N) is 1. The van der Waals surface area contributed by atoms with Crippen molar-refractivity contribution in [3.05, 3.63) is 33.9 Å². The van der Waals surface area contributed by atoms with Gasteiger partial charge in [0.25, 0.3) is 5.56 Å². The number of piperidine rings is 1. The first-order valence-corrected chi connectivity index (χ1v) is 9.86. The van der Waals surface area contributed by atoms with Crippen LogP contribution in [-0.4, -0.2) is 50.4 Å². The van der Waals surface area contributed by atoms with Gasteiger partial charge in [-0.2, -0.15) is 0 Å². The molecule has 0 bridgehead atoms. The fourth-order valence-corrected chi connectivity index (χ4v) is 4.30. The highest BCUT2D eigenvalue weighted by Gasteiger charge is 2.21. The summed E-state index contributed by atoms with van der Waals surface area (Å²) >= 11 is 1.46. The zero-order chi connectivity index (χ0) is 21.5. The van der Waals surface area contributed by atoms with Gasteiger partial charge in [0.05, 0.1) is 5.56 Å². The normalized spacial score (nSPS) is 20.2. The summed E-state index contributed by atoms with van der Waals surface area (Å²) in [6.45, 7) is 1.97. The number of aromatic nitrogens is 3. The third-order valence-corrected chi connectivity index (χ3v) is 5.89. The highest BCUT2D eigenvalue weighted by Crippen LogP contribution is 2.36. The highest BCUT2D eigenvalue weighted by molar-refractivity contribution is 7.17. The molecule has 2 aromatic heterocycles. The Kier molecular flexibility index (Phi) is 3.94. The van der Waals surface area contributed by atoms with E-state index in [0.29, 0.717) is 9.95 Å². The molecule has 3 aromatic rings. The van der Waals surface area contributed by atoms with Gasteiger partial charge in [0.2, 0.25) is 5.95 Å². The molecule has 1 saturated heterocycles. The van der Waals surface area contributed by atoms with Crippen LogP contribution in [-0.2, 0) is 6.98 Å². The Morgan fingerprint density at radius 3 is 3.11 bits per heavy atom. The number of rotatable bonds is 4. The van der Waals surface area contributed by atoms with Gasteiger partial charge in [-0.1, -0.05) is 6.92 Å². The Bertz CT molecular complexity index is 1130. The second kappa shape index (κ2) is 7.28. The van der Waals surface area contributed by atoms with Gasteiger partial charge in [-0.25, -0.2) is 0 Å². The zero-order valence-electron chi connectivity index (χ0n) is 18.0. The molecule has 0 aliphatic carbocycles. The zero-order valence-corrected chi connectivity index (χ0v) is 15.8. The molecule has 27 heavy (non-hydrogen) atoms. The van der Waals surface area contributed by atoms with E-state index in [4.69, 9.17) is 4.11 Å². The average Bonchev–Trinajstić information content (AvgIpc) is 3.18. The van der Waals surface area contributed by atoms with Gasteiger partial charge >= 0.3 is 0 Å². The topological polar surface area (TPSA) is 83.3 Å². The molecular weight excluding hydrogens is 362 g/mol. The Labute approximate surface area is 165 Å². The van der Waals surface area contributed by atoms with Gasteiger partial charge < -0.3 is 15.3 Å². The fourth-order valence-electron chi connectivity index (χ4n) is 3.51. The molecule has 3 heterocycles. The first-order chi connectivity index (χ1) is 14.3. The molecule has 1 aliphatic rings. The van der Waals surface area contributed by atoms with Crippen LogP contribution in [0.2, 0.25) is 0 Å². The lowest BCUT2D eigenvalue weighted by atomic mass is 10.1. The Morgan fingerprint density at radius 1 is 1.41 bits per heavy atom. The smallest absolute Gasteiger partial charge is 0.281 e. The quantitative estimate of drug-likeness (QED) is 0.715. The lowest BCUT2D eigenvalue weighted by molar-refractivity contribution is 0.226. The second-order valence-electron chi connectivity index (χ2n) is 6.68. The molecule has 7 nitrogen and oxygen atoms in total. The van der Waals surface area contributed by atoms with E-state index in [1.807, 2.05) is 5.38 Å². The van der Waals surface area contributed by atoms with E-state index < -0.39 is 12.5 Å². The molecule has 1 atom stereocenters. The van der Waals surface area contributed by atoms with Crippen molar-refractivity contribution in [2.24, 2.45) is 6.98 Å². The van der Waals surface area contributed by atoms with Crippen LogP contribution in [0.3, 0.4) is 0 Å². The molecule has 0 spiro atoms. The van der Waals surface area contributed by atoms with Gasteiger partial charge in [0.1, 0.15) is 5.75 Å². The number of likely N-dealkylation sites (N-methyl/N-ethyl adjacent to an activating group) is 1. The number of fused-ring (bicyclic) bond motifs is 1. The summed E-state index contributed by atoms with van der Waals surface area (Å²) in [4.78, 5) is 15.4. The number of nitrogens with zero attached hydrogens (tertiary/aromatic N) is 4. The summed E-state index contributed by atoms with van der Waals surface area (Å²) in [5.41, 5.74) is -0.848. The molecular formula is C19H23N5O2S. The van der Waals surface area contributed by atoms with Crippen LogP contribution in [0.15, 0.2) is 28.4 Å². The predicted molar refractivity (Wildman–Crippen MR) is 109 cm³/mol. The standard InChI is InChI=1S/C19H23N5O2S/c1-3-24-9-4-5-12(11-24)20-19-22-21-16(18(26)23(19)2)14-6-7-15-13(17(14)25)8-10-27-15/h6-8,10,12,25H,3-5,9,11H2,1-2H3,(H,20,22)/t12-/m1/s1/i2D3. The van der Waals surface area contributed by atoms with Crippen molar-refractivity contribution in [1.82, 2.24) is 19.7 Å². The Balaban J connectivity index is 1.77. The number of phenolic OH excluding ortho intramolecular Hbond substituents is 1.